The summed E-state index contributed by atoms with van der Waals surface area (Å²) in [5.74, 6) is 0. The highest BCUT2D eigenvalue weighted by Crippen LogP contribution is 2.22. The van der Waals surface area contributed by atoms with Crippen LogP contribution in [0.4, 0.5) is 5.69 Å². The summed E-state index contributed by atoms with van der Waals surface area (Å²) < 4.78 is 0.999. The first-order valence-corrected chi connectivity index (χ1v) is 6.31. The molecule has 0 unspecified atom stereocenters. The van der Waals surface area contributed by atoms with Gasteiger partial charge in [0.05, 0.1) is 10.2 Å². The van der Waals surface area contributed by atoms with Crippen LogP contribution in [0.25, 0.3) is 0 Å². The summed E-state index contributed by atoms with van der Waals surface area (Å²) in [6, 6.07) is 4.11. The molecule has 78 valence electrons. The summed E-state index contributed by atoms with van der Waals surface area (Å²) in [4.78, 5) is 5.40. The van der Waals surface area contributed by atoms with Crippen molar-refractivity contribution < 1.29 is 0 Å². The second-order valence-electron chi connectivity index (χ2n) is 3.24. The standard InChI is InChI=1S/C11H11BrN2S/c1-8-3-5-15-11(8)7-14-10-2-4-13-6-9(10)12/h2-6H,7H2,1H3,(H,13,14). The van der Waals surface area contributed by atoms with Crippen LogP contribution < -0.4 is 5.32 Å². The van der Waals surface area contributed by atoms with Crippen LogP contribution >= 0.6 is 27.3 Å². The van der Waals surface area contributed by atoms with Crippen molar-refractivity contribution in [1.29, 1.82) is 0 Å². The van der Waals surface area contributed by atoms with Crippen molar-refractivity contribution in [2.24, 2.45) is 0 Å². The smallest absolute Gasteiger partial charge is 0.0590 e. The van der Waals surface area contributed by atoms with Gasteiger partial charge in [-0.05, 0) is 45.9 Å². The van der Waals surface area contributed by atoms with Gasteiger partial charge in [-0.1, -0.05) is 0 Å². The Kier molecular flexibility index (Phi) is 3.38. The van der Waals surface area contributed by atoms with Crippen molar-refractivity contribution in [1.82, 2.24) is 4.98 Å². The molecule has 0 saturated carbocycles. The number of aromatic nitrogens is 1. The Labute approximate surface area is 101 Å². The van der Waals surface area contributed by atoms with E-state index in [2.05, 4.69) is 44.6 Å². The predicted molar refractivity (Wildman–Crippen MR) is 68.3 cm³/mol. The van der Waals surface area contributed by atoms with E-state index in [1.54, 1.807) is 23.7 Å². The van der Waals surface area contributed by atoms with Gasteiger partial charge in [0.25, 0.3) is 0 Å². The summed E-state index contributed by atoms with van der Waals surface area (Å²) >= 11 is 5.24. The van der Waals surface area contributed by atoms with Crippen LogP contribution in [-0.2, 0) is 6.54 Å². The molecule has 1 N–H and O–H groups in total. The van der Waals surface area contributed by atoms with Crippen molar-refractivity contribution in [3.8, 4) is 0 Å². The Bertz CT molecular complexity index is 453. The number of hydrogen-bond donors (Lipinski definition) is 1. The number of nitrogens with one attached hydrogen (secondary N) is 1. The first kappa shape index (κ1) is 10.6. The normalized spacial score (nSPS) is 10.3. The Balaban J connectivity index is 2.06. The molecule has 0 fully saturated rings. The molecule has 2 rings (SSSR count). The number of anilines is 1. The number of thiophene rings is 1. The van der Waals surface area contributed by atoms with E-state index in [4.69, 9.17) is 0 Å². The molecule has 0 saturated heterocycles. The van der Waals surface area contributed by atoms with Gasteiger partial charge in [0.15, 0.2) is 0 Å². The SMILES string of the molecule is Cc1ccsc1CNc1ccncc1Br. The molecule has 2 aromatic rings. The van der Waals surface area contributed by atoms with Crippen molar-refractivity contribution >= 4 is 33.0 Å². The number of rotatable bonds is 3. The fourth-order valence-electron chi connectivity index (χ4n) is 1.28. The van der Waals surface area contributed by atoms with Crippen LogP contribution in [0.5, 0.6) is 0 Å². The van der Waals surface area contributed by atoms with Gasteiger partial charge in [0.1, 0.15) is 0 Å². The van der Waals surface area contributed by atoms with Gasteiger partial charge in [-0.3, -0.25) is 4.98 Å². The lowest BCUT2D eigenvalue weighted by Gasteiger charge is -2.07. The minimum Gasteiger partial charge on any atom is -0.379 e. The molecule has 0 atom stereocenters. The van der Waals surface area contributed by atoms with E-state index in [-0.39, 0.29) is 0 Å². The quantitative estimate of drug-likeness (QED) is 0.926. The summed E-state index contributed by atoms with van der Waals surface area (Å²) in [6.45, 7) is 3.00. The molecule has 2 nitrogen and oxygen atoms in total. The molecule has 0 radical (unpaired) electrons. The van der Waals surface area contributed by atoms with E-state index in [1.165, 1.54) is 10.4 Å². The molecular weight excluding hydrogens is 272 g/mol. The monoisotopic (exact) mass is 282 g/mol. The second-order valence-corrected chi connectivity index (χ2v) is 5.09. The van der Waals surface area contributed by atoms with Gasteiger partial charge in [-0.25, -0.2) is 0 Å². The fourth-order valence-corrected chi connectivity index (χ4v) is 2.52. The zero-order valence-corrected chi connectivity index (χ0v) is 10.7. The Morgan fingerprint density at radius 1 is 1.47 bits per heavy atom. The Hall–Kier alpha value is -0.870. The van der Waals surface area contributed by atoms with Crippen LogP contribution in [0, 0.1) is 6.92 Å². The third-order valence-corrected chi connectivity index (χ3v) is 3.83. The molecule has 2 heterocycles. The molecule has 0 aliphatic rings. The largest absolute Gasteiger partial charge is 0.379 e. The van der Waals surface area contributed by atoms with Crippen molar-refractivity contribution in [2.45, 2.75) is 13.5 Å². The Morgan fingerprint density at radius 3 is 3.00 bits per heavy atom. The van der Waals surface area contributed by atoms with Crippen molar-refractivity contribution in [3.05, 3.63) is 44.8 Å². The number of hydrogen-bond acceptors (Lipinski definition) is 3. The summed E-state index contributed by atoms with van der Waals surface area (Å²) in [5, 5.41) is 5.50. The van der Waals surface area contributed by atoms with E-state index in [0.29, 0.717) is 0 Å². The predicted octanol–water partition coefficient (Wildman–Crippen LogP) is 3.83. The number of nitrogens with zero attached hydrogens (tertiary/aromatic N) is 1. The topological polar surface area (TPSA) is 24.9 Å². The molecule has 0 spiro atoms. The van der Waals surface area contributed by atoms with Gasteiger partial charge in [0.2, 0.25) is 0 Å². The second kappa shape index (κ2) is 4.77. The van der Waals surface area contributed by atoms with E-state index in [9.17, 15) is 0 Å². The van der Waals surface area contributed by atoms with E-state index >= 15 is 0 Å². The molecule has 0 aliphatic carbocycles. The zero-order valence-electron chi connectivity index (χ0n) is 8.33. The maximum absolute atomic E-state index is 4.02. The lowest BCUT2D eigenvalue weighted by Crippen LogP contribution is -1.99. The maximum atomic E-state index is 4.02. The van der Waals surface area contributed by atoms with Gasteiger partial charge in [0, 0.05) is 23.8 Å². The minimum atomic E-state index is 0.867. The molecule has 0 aliphatic heterocycles. The average Bonchev–Trinajstić information content (AvgIpc) is 2.63. The van der Waals surface area contributed by atoms with Crippen LogP contribution in [0.1, 0.15) is 10.4 Å². The molecule has 2 aromatic heterocycles. The van der Waals surface area contributed by atoms with Crippen LogP contribution in [0.2, 0.25) is 0 Å². The summed E-state index contributed by atoms with van der Waals surface area (Å²) in [6.07, 6.45) is 3.58. The molecule has 0 amide bonds. The summed E-state index contributed by atoms with van der Waals surface area (Å²) in [5.41, 5.74) is 2.43. The molecular formula is C11H11BrN2S. The highest BCUT2D eigenvalue weighted by Gasteiger charge is 2.01. The number of halogens is 1. The maximum Gasteiger partial charge on any atom is 0.0590 e. The summed E-state index contributed by atoms with van der Waals surface area (Å²) in [7, 11) is 0. The third kappa shape index (κ3) is 2.58. The van der Waals surface area contributed by atoms with Crippen molar-refractivity contribution in [2.75, 3.05) is 5.32 Å². The minimum absolute atomic E-state index is 0.867. The average molecular weight is 283 g/mol. The highest BCUT2D eigenvalue weighted by molar-refractivity contribution is 9.10. The first-order valence-electron chi connectivity index (χ1n) is 4.64. The van der Waals surface area contributed by atoms with Crippen LogP contribution in [-0.4, -0.2) is 4.98 Å². The van der Waals surface area contributed by atoms with Gasteiger partial charge in [-0.15, -0.1) is 11.3 Å². The number of aryl methyl sites for hydroxylation is 1. The molecule has 4 heteroatoms. The zero-order chi connectivity index (χ0) is 10.7. The molecule has 0 bridgehead atoms. The van der Waals surface area contributed by atoms with Crippen LogP contribution in [0.3, 0.4) is 0 Å². The van der Waals surface area contributed by atoms with E-state index in [1.807, 2.05) is 6.07 Å². The molecule has 15 heavy (non-hydrogen) atoms. The van der Waals surface area contributed by atoms with Crippen LogP contribution in [0.15, 0.2) is 34.4 Å². The highest BCUT2D eigenvalue weighted by atomic mass is 79.9. The fraction of sp³-hybridized carbons (Fsp3) is 0.182. The molecule has 0 aromatic carbocycles. The van der Waals surface area contributed by atoms with Gasteiger partial charge in [-0.2, -0.15) is 0 Å². The van der Waals surface area contributed by atoms with Crippen molar-refractivity contribution in [3.63, 3.8) is 0 Å². The van der Waals surface area contributed by atoms with Gasteiger partial charge < -0.3 is 5.32 Å². The first-order chi connectivity index (χ1) is 7.27. The lowest BCUT2D eigenvalue weighted by atomic mass is 10.3. The van der Waals surface area contributed by atoms with Gasteiger partial charge >= 0.3 is 0 Å². The van der Waals surface area contributed by atoms with E-state index < -0.39 is 0 Å². The number of pyridine rings is 1. The lowest BCUT2D eigenvalue weighted by molar-refractivity contribution is 1.15. The Morgan fingerprint density at radius 2 is 2.33 bits per heavy atom. The van der Waals surface area contributed by atoms with E-state index in [0.717, 1.165) is 16.7 Å². The third-order valence-electron chi connectivity index (χ3n) is 2.18.